The maximum atomic E-state index is 12.0. The van der Waals surface area contributed by atoms with E-state index in [0.717, 1.165) is 43.5 Å². The minimum absolute atomic E-state index is 0.0590. The molecule has 2 aromatic rings. The first-order valence-corrected chi connectivity index (χ1v) is 9.98. The normalized spacial score (nSPS) is 15.1. The lowest BCUT2D eigenvalue weighted by atomic mass is 9.98. The summed E-state index contributed by atoms with van der Waals surface area (Å²) in [5.74, 6) is 0.834. The van der Waals surface area contributed by atoms with Gasteiger partial charge in [-0.2, -0.15) is 0 Å². The molecule has 1 aromatic heterocycles. The molecule has 0 atom stereocenters. The van der Waals surface area contributed by atoms with E-state index in [1.54, 1.807) is 12.3 Å². The highest BCUT2D eigenvalue weighted by molar-refractivity contribution is 5.91. The van der Waals surface area contributed by atoms with E-state index in [0.29, 0.717) is 12.6 Å². The van der Waals surface area contributed by atoms with Gasteiger partial charge in [0.05, 0.1) is 12.4 Å². The Kier molecular flexibility index (Phi) is 7.51. The molecule has 1 aliphatic rings. The van der Waals surface area contributed by atoms with Crippen molar-refractivity contribution in [3.8, 4) is 5.75 Å². The van der Waals surface area contributed by atoms with Crippen LogP contribution in [0.1, 0.15) is 50.5 Å². The molecule has 0 unspecified atom stereocenters. The number of nitrogens with one attached hydrogen (secondary N) is 1. The smallest absolute Gasteiger partial charge is 0.243 e. The molecule has 1 amide bonds. The fourth-order valence-electron chi connectivity index (χ4n) is 3.35. The molecule has 1 aliphatic carbocycles. The molecule has 1 N–H and O–H groups in total. The van der Waals surface area contributed by atoms with E-state index in [1.807, 2.05) is 47.4 Å². The summed E-state index contributed by atoms with van der Waals surface area (Å²) in [4.78, 5) is 16.0. The molecular formula is C22H29N3O2. The zero-order valence-electron chi connectivity index (χ0n) is 15.8. The molecule has 0 spiro atoms. The third-order valence-corrected chi connectivity index (χ3v) is 4.84. The van der Waals surface area contributed by atoms with E-state index in [4.69, 9.17) is 4.74 Å². The first-order chi connectivity index (χ1) is 13.3. The van der Waals surface area contributed by atoms with Crippen molar-refractivity contribution in [3.63, 3.8) is 0 Å². The van der Waals surface area contributed by atoms with Crippen LogP contribution in [0.3, 0.4) is 0 Å². The van der Waals surface area contributed by atoms with Crippen LogP contribution in [0.25, 0.3) is 6.08 Å². The Morgan fingerprint density at radius 1 is 1.26 bits per heavy atom. The van der Waals surface area contributed by atoms with Crippen molar-refractivity contribution in [1.82, 2.24) is 14.9 Å². The van der Waals surface area contributed by atoms with E-state index < -0.39 is 0 Å². The largest absolute Gasteiger partial charge is 0.490 e. The molecule has 5 nitrogen and oxygen atoms in total. The third-order valence-electron chi connectivity index (χ3n) is 4.84. The van der Waals surface area contributed by atoms with Crippen LogP contribution in [-0.4, -0.2) is 28.1 Å². The summed E-state index contributed by atoms with van der Waals surface area (Å²) in [5.41, 5.74) is 0.985. The molecule has 3 rings (SSSR count). The summed E-state index contributed by atoms with van der Waals surface area (Å²) < 4.78 is 8.13. The number of nitrogens with zero attached hydrogens (tertiary/aromatic N) is 2. The maximum absolute atomic E-state index is 12.0. The third kappa shape index (κ3) is 6.93. The minimum Gasteiger partial charge on any atom is -0.490 e. The van der Waals surface area contributed by atoms with Gasteiger partial charge in [0.2, 0.25) is 5.91 Å². The first kappa shape index (κ1) is 19.2. The topological polar surface area (TPSA) is 56.1 Å². The van der Waals surface area contributed by atoms with Gasteiger partial charge in [0, 0.05) is 31.6 Å². The van der Waals surface area contributed by atoms with Crippen LogP contribution >= 0.6 is 0 Å². The lowest BCUT2D eigenvalue weighted by Gasteiger charge is -2.23. The minimum atomic E-state index is -0.0590. The first-order valence-electron chi connectivity index (χ1n) is 9.98. The van der Waals surface area contributed by atoms with Crippen LogP contribution in [0.4, 0.5) is 0 Å². The van der Waals surface area contributed by atoms with E-state index in [2.05, 4.69) is 10.3 Å². The highest BCUT2D eigenvalue weighted by Crippen LogP contribution is 2.24. The summed E-state index contributed by atoms with van der Waals surface area (Å²) in [7, 11) is 0. The number of ether oxygens (including phenoxy) is 1. The van der Waals surface area contributed by atoms with Gasteiger partial charge in [0.15, 0.2) is 0 Å². The molecule has 5 heteroatoms. The van der Waals surface area contributed by atoms with Crippen LogP contribution in [0.15, 0.2) is 49.1 Å². The monoisotopic (exact) mass is 367 g/mol. The van der Waals surface area contributed by atoms with Crippen molar-refractivity contribution in [2.45, 2.75) is 57.6 Å². The maximum Gasteiger partial charge on any atom is 0.243 e. The van der Waals surface area contributed by atoms with E-state index in [-0.39, 0.29) is 5.91 Å². The van der Waals surface area contributed by atoms with Gasteiger partial charge in [-0.1, -0.05) is 18.6 Å². The Morgan fingerprint density at radius 2 is 2.15 bits per heavy atom. The van der Waals surface area contributed by atoms with Gasteiger partial charge in [0.25, 0.3) is 0 Å². The van der Waals surface area contributed by atoms with Gasteiger partial charge in [-0.15, -0.1) is 0 Å². The fraction of sp³-hybridized carbons (Fsp3) is 0.455. The average Bonchev–Trinajstić information content (AvgIpc) is 3.21. The second-order valence-corrected chi connectivity index (χ2v) is 7.08. The van der Waals surface area contributed by atoms with Crippen molar-refractivity contribution in [2.24, 2.45) is 0 Å². The van der Waals surface area contributed by atoms with Gasteiger partial charge < -0.3 is 14.6 Å². The Balaban J connectivity index is 1.37. The quantitative estimate of drug-likeness (QED) is 0.534. The van der Waals surface area contributed by atoms with Gasteiger partial charge >= 0.3 is 0 Å². The molecule has 0 aliphatic heterocycles. The molecule has 0 radical (unpaired) electrons. The summed E-state index contributed by atoms with van der Waals surface area (Å²) in [6.45, 7) is 1.61. The molecule has 1 fully saturated rings. The van der Waals surface area contributed by atoms with Gasteiger partial charge in [-0.05, 0) is 62.3 Å². The zero-order valence-corrected chi connectivity index (χ0v) is 15.8. The van der Waals surface area contributed by atoms with Gasteiger partial charge in [-0.25, -0.2) is 4.98 Å². The van der Waals surface area contributed by atoms with Gasteiger partial charge in [-0.3, -0.25) is 4.79 Å². The van der Waals surface area contributed by atoms with Crippen molar-refractivity contribution in [3.05, 3.63) is 54.6 Å². The predicted octanol–water partition coefficient (Wildman–Crippen LogP) is 4.20. The summed E-state index contributed by atoms with van der Waals surface area (Å²) in [6, 6.07) is 7.96. The molecule has 0 saturated heterocycles. The number of imidazole rings is 1. The Bertz CT molecular complexity index is 719. The number of carbonyl (C=O) groups is 1. The molecule has 0 bridgehead atoms. The second-order valence-electron chi connectivity index (χ2n) is 7.08. The number of aryl methyl sites for hydroxylation is 1. The molecule has 144 valence electrons. The number of aromatic nitrogens is 2. The highest BCUT2D eigenvalue weighted by Gasteiger charge is 2.14. The van der Waals surface area contributed by atoms with Crippen molar-refractivity contribution in [2.75, 3.05) is 6.54 Å². The summed E-state index contributed by atoms with van der Waals surface area (Å²) in [5, 5.41) is 2.93. The molecule has 1 saturated carbocycles. The zero-order chi connectivity index (χ0) is 18.7. The lowest BCUT2D eigenvalue weighted by molar-refractivity contribution is -0.116. The number of carbonyl (C=O) groups excluding carboxylic acids is 1. The average molecular weight is 367 g/mol. The van der Waals surface area contributed by atoms with Crippen molar-refractivity contribution >= 4 is 12.0 Å². The Morgan fingerprint density at radius 3 is 2.96 bits per heavy atom. The number of rotatable bonds is 9. The molecule has 1 heterocycles. The van der Waals surface area contributed by atoms with E-state index in [9.17, 15) is 4.79 Å². The van der Waals surface area contributed by atoms with E-state index >= 15 is 0 Å². The van der Waals surface area contributed by atoms with Gasteiger partial charge in [0.1, 0.15) is 5.75 Å². The van der Waals surface area contributed by atoms with Crippen LogP contribution < -0.4 is 10.1 Å². The predicted molar refractivity (Wildman–Crippen MR) is 107 cm³/mol. The fourth-order valence-corrected chi connectivity index (χ4v) is 3.35. The molecule has 1 aromatic carbocycles. The van der Waals surface area contributed by atoms with Crippen LogP contribution in [-0.2, 0) is 11.3 Å². The Hall–Kier alpha value is -2.56. The van der Waals surface area contributed by atoms with Crippen LogP contribution in [0.5, 0.6) is 5.75 Å². The number of benzene rings is 1. The van der Waals surface area contributed by atoms with Crippen molar-refractivity contribution in [1.29, 1.82) is 0 Å². The number of amides is 1. The lowest BCUT2D eigenvalue weighted by Crippen LogP contribution is -2.22. The second kappa shape index (κ2) is 10.6. The molecular weight excluding hydrogens is 338 g/mol. The van der Waals surface area contributed by atoms with Crippen LogP contribution in [0.2, 0.25) is 0 Å². The SMILES string of the molecule is O=C(/C=C/c1cccc(OC2CCCCC2)c1)NCCCCn1ccnc1. The van der Waals surface area contributed by atoms with E-state index in [1.165, 1.54) is 19.3 Å². The summed E-state index contributed by atoms with van der Waals surface area (Å²) >= 11 is 0. The standard InChI is InChI=1S/C22H29N3O2/c26-22(24-13-4-5-15-25-16-14-23-18-25)12-11-19-7-6-10-21(17-19)27-20-8-2-1-3-9-20/h6-7,10-12,14,16-18,20H,1-5,8-9,13,15H2,(H,24,26)/b12-11+. The Labute approximate surface area is 161 Å². The van der Waals surface area contributed by atoms with Crippen LogP contribution in [0, 0.1) is 0 Å². The summed E-state index contributed by atoms with van der Waals surface area (Å²) in [6.07, 6.45) is 17.4. The molecule has 27 heavy (non-hydrogen) atoms. The number of hydrogen-bond donors (Lipinski definition) is 1. The number of hydrogen-bond acceptors (Lipinski definition) is 3. The van der Waals surface area contributed by atoms with Crippen molar-refractivity contribution < 1.29 is 9.53 Å². The number of unbranched alkanes of at least 4 members (excludes halogenated alkanes) is 1. The highest BCUT2D eigenvalue weighted by atomic mass is 16.5.